The molecular formula is C18H23NO2. The molecule has 112 valence electrons. The Morgan fingerprint density at radius 2 is 1.57 bits per heavy atom. The number of nitrogens with two attached hydrogens (primary N) is 1. The molecule has 21 heavy (non-hydrogen) atoms. The molecule has 2 aromatic carbocycles. The van der Waals surface area contributed by atoms with E-state index < -0.39 is 0 Å². The molecule has 0 bridgehead atoms. The van der Waals surface area contributed by atoms with Crippen molar-refractivity contribution < 1.29 is 9.47 Å². The Morgan fingerprint density at radius 1 is 0.905 bits per heavy atom. The molecule has 0 heterocycles. The van der Waals surface area contributed by atoms with E-state index in [2.05, 4.69) is 6.92 Å². The van der Waals surface area contributed by atoms with Crippen molar-refractivity contribution >= 4 is 0 Å². The van der Waals surface area contributed by atoms with Gasteiger partial charge in [0.1, 0.15) is 11.5 Å². The molecule has 2 N–H and O–H groups in total. The maximum absolute atomic E-state index is 6.10. The SMILES string of the molecule is CC[C@H](N)c1ccccc1OCCCOc1ccccc1. The molecule has 0 aliphatic rings. The zero-order chi connectivity index (χ0) is 14.9. The van der Waals surface area contributed by atoms with Gasteiger partial charge in [-0.05, 0) is 24.6 Å². The lowest BCUT2D eigenvalue weighted by Crippen LogP contribution is -2.12. The van der Waals surface area contributed by atoms with E-state index in [4.69, 9.17) is 15.2 Å². The van der Waals surface area contributed by atoms with E-state index in [9.17, 15) is 0 Å². The van der Waals surface area contributed by atoms with Crippen molar-refractivity contribution in [1.29, 1.82) is 0 Å². The molecular weight excluding hydrogens is 262 g/mol. The Balaban J connectivity index is 1.76. The molecule has 0 aromatic heterocycles. The Morgan fingerprint density at radius 3 is 2.33 bits per heavy atom. The van der Waals surface area contributed by atoms with Gasteiger partial charge in [-0.2, -0.15) is 0 Å². The lowest BCUT2D eigenvalue weighted by atomic mass is 10.0. The van der Waals surface area contributed by atoms with Crippen molar-refractivity contribution in [2.24, 2.45) is 5.73 Å². The van der Waals surface area contributed by atoms with Crippen LogP contribution in [0.1, 0.15) is 31.4 Å². The first-order chi connectivity index (χ1) is 10.3. The number of benzene rings is 2. The highest BCUT2D eigenvalue weighted by atomic mass is 16.5. The molecule has 0 spiro atoms. The first-order valence-corrected chi connectivity index (χ1v) is 7.46. The van der Waals surface area contributed by atoms with Crippen LogP contribution < -0.4 is 15.2 Å². The maximum atomic E-state index is 6.10. The fourth-order valence-electron chi connectivity index (χ4n) is 2.09. The molecule has 0 saturated heterocycles. The van der Waals surface area contributed by atoms with E-state index in [1.54, 1.807) is 0 Å². The summed E-state index contributed by atoms with van der Waals surface area (Å²) in [5.41, 5.74) is 7.17. The van der Waals surface area contributed by atoms with Crippen molar-refractivity contribution in [3.8, 4) is 11.5 Å². The van der Waals surface area contributed by atoms with Gasteiger partial charge in [0.25, 0.3) is 0 Å². The van der Waals surface area contributed by atoms with Gasteiger partial charge in [-0.15, -0.1) is 0 Å². The monoisotopic (exact) mass is 285 g/mol. The van der Waals surface area contributed by atoms with Crippen LogP contribution in [-0.2, 0) is 0 Å². The number of ether oxygens (including phenoxy) is 2. The summed E-state index contributed by atoms with van der Waals surface area (Å²) in [4.78, 5) is 0. The molecule has 0 saturated carbocycles. The largest absolute Gasteiger partial charge is 0.493 e. The van der Waals surface area contributed by atoms with Crippen LogP contribution in [0.5, 0.6) is 11.5 Å². The topological polar surface area (TPSA) is 44.5 Å². The second-order valence-corrected chi connectivity index (χ2v) is 4.92. The zero-order valence-corrected chi connectivity index (χ0v) is 12.5. The smallest absolute Gasteiger partial charge is 0.124 e. The summed E-state index contributed by atoms with van der Waals surface area (Å²) in [7, 11) is 0. The molecule has 1 atom stereocenters. The Kier molecular flexibility index (Phi) is 6.10. The van der Waals surface area contributed by atoms with E-state index in [1.165, 1.54) is 0 Å². The average Bonchev–Trinajstić information content (AvgIpc) is 2.55. The van der Waals surface area contributed by atoms with Crippen LogP contribution in [0.3, 0.4) is 0 Å². The fourth-order valence-corrected chi connectivity index (χ4v) is 2.09. The minimum absolute atomic E-state index is 0.0294. The Bertz CT molecular complexity index is 528. The molecule has 0 aliphatic heterocycles. The lowest BCUT2D eigenvalue weighted by molar-refractivity contribution is 0.245. The van der Waals surface area contributed by atoms with Gasteiger partial charge in [0.15, 0.2) is 0 Å². The summed E-state index contributed by atoms with van der Waals surface area (Å²) < 4.78 is 11.5. The Hall–Kier alpha value is -2.00. The van der Waals surface area contributed by atoms with Gasteiger partial charge in [0.2, 0.25) is 0 Å². The van der Waals surface area contributed by atoms with E-state index in [0.29, 0.717) is 13.2 Å². The number of hydrogen-bond donors (Lipinski definition) is 1. The first kappa shape index (κ1) is 15.4. The second-order valence-electron chi connectivity index (χ2n) is 4.92. The van der Waals surface area contributed by atoms with E-state index in [0.717, 1.165) is 29.9 Å². The Labute approximate surface area is 126 Å². The average molecular weight is 285 g/mol. The molecule has 0 radical (unpaired) electrons. The van der Waals surface area contributed by atoms with Crippen molar-refractivity contribution in [3.63, 3.8) is 0 Å². The highest BCUT2D eigenvalue weighted by Crippen LogP contribution is 2.25. The molecule has 0 amide bonds. The molecule has 0 aliphatic carbocycles. The van der Waals surface area contributed by atoms with Gasteiger partial charge in [0, 0.05) is 18.0 Å². The summed E-state index contributed by atoms with van der Waals surface area (Å²) in [6.45, 7) is 3.35. The molecule has 0 unspecified atom stereocenters. The van der Waals surface area contributed by atoms with Crippen LogP contribution in [0.2, 0.25) is 0 Å². The van der Waals surface area contributed by atoms with Crippen LogP contribution >= 0.6 is 0 Å². The van der Waals surface area contributed by atoms with Crippen LogP contribution in [0.15, 0.2) is 54.6 Å². The predicted molar refractivity (Wildman–Crippen MR) is 85.7 cm³/mol. The summed E-state index contributed by atoms with van der Waals surface area (Å²) >= 11 is 0. The summed E-state index contributed by atoms with van der Waals surface area (Å²) in [6, 6.07) is 17.8. The molecule has 2 aromatic rings. The quantitative estimate of drug-likeness (QED) is 0.747. The number of rotatable bonds is 8. The standard InChI is InChI=1S/C18H23NO2/c1-2-17(19)16-11-6-7-12-18(16)21-14-8-13-20-15-9-4-3-5-10-15/h3-7,9-12,17H,2,8,13-14,19H2,1H3/t17-/m0/s1. The lowest BCUT2D eigenvalue weighted by Gasteiger charge is -2.15. The maximum Gasteiger partial charge on any atom is 0.124 e. The highest BCUT2D eigenvalue weighted by Gasteiger charge is 2.09. The summed E-state index contributed by atoms with van der Waals surface area (Å²) in [6.07, 6.45) is 1.74. The van der Waals surface area contributed by atoms with Crippen LogP contribution in [0, 0.1) is 0 Å². The van der Waals surface area contributed by atoms with Crippen molar-refractivity contribution in [1.82, 2.24) is 0 Å². The molecule has 3 heteroatoms. The fraction of sp³-hybridized carbons (Fsp3) is 0.333. The van der Waals surface area contributed by atoms with Crippen LogP contribution in [-0.4, -0.2) is 13.2 Å². The third kappa shape index (κ3) is 4.80. The first-order valence-electron chi connectivity index (χ1n) is 7.46. The van der Waals surface area contributed by atoms with Gasteiger partial charge in [-0.3, -0.25) is 0 Å². The van der Waals surface area contributed by atoms with E-state index in [1.807, 2.05) is 54.6 Å². The van der Waals surface area contributed by atoms with E-state index in [-0.39, 0.29) is 6.04 Å². The van der Waals surface area contributed by atoms with Crippen LogP contribution in [0.4, 0.5) is 0 Å². The predicted octanol–water partition coefficient (Wildman–Crippen LogP) is 3.94. The normalized spacial score (nSPS) is 11.9. The number of para-hydroxylation sites is 2. The minimum atomic E-state index is 0.0294. The minimum Gasteiger partial charge on any atom is -0.493 e. The molecule has 2 rings (SSSR count). The zero-order valence-electron chi connectivity index (χ0n) is 12.5. The third-order valence-corrected chi connectivity index (χ3v) is 3.32. The van der Waals surface area contributed by atoms with Gasteiger partial charge >= 0.3 is 0 Å². The van der Waals surface area contributed by atoms with Gasteiger partial charge in [0.05, 0.1) is 13.2 Å². The molecule has 3 nitrogen and oxygen atoms in total. The van der Waals surface area contributed by atoms with Crippen molar-refractivity contribution in [2.45, 2.75) is 25.8 Å². The highest BCUT2D eigenvalue weighted by molar-refractivity contribution is 5.35. The van der Waals surface area contributed by atoms with E-state index >= 15 is 0 Å². The number of hydrogen-bond acceptors (Lipinski definition) is 3. The van der Waals surface area contributed by atoms with Crippen LogP contribution in [0.25, 0.3) is 0 Å². The van der Waals surface area contributed by atoms with Gasteiger partial charge in [-0.1, -0.05) is 43.3 Å². The second kappa shape index (κ2) is 8.32. The van der Waals surface area contributed by atoms with Crippen molar-refractivity contribution in [2.75, 3.05) is 13.2 Å². The molecule has 0 fully saturated rings. The summed E-state index contributed by atoms with van der Waals surface area (Å²) in [5.74, 6) is 1.78. The third-order valence-electron chi connectivity index (χ3n) is 3.32. The summed E-state index contributed by atoms with van der Waals surface area (Å²) in [5, 5.41) is 0. The van der Waals surface area contributed by atoms with Gasteiger partial charge < -0.3 is 15.2 Å². The van der Waals surface area contributed by atoms with Gasteiger partial charge in [-0.25, -0.2) is 0 Å². The van der Waals surface area contributed by atoms with Crippen molar-refractivity contribution in [3.05, 3.63) is 60.2 Å².